The van der Waals surface area contributed by atoms with Crippen molar-refractivity contribution >= 4 is 50.2 Å². The summed E-state index contributed by atoms with van der Waals surface area (Å²) in [5.41, 5.74) is 3.72. The topological polar surface area (TPSA) is 37.3 Å². The number of aryl methyl sites for hydroxylation is 1. The third kappa shape index (κ3) is 3.79. The van der Waals surface area contributed by atoms with E-state index >= 15 is 0 Å². The Balaban J connectivity index is 1.60. The molecule has 2 heterocycles. The Morgan fingerprint density at radius 1 is 1.11 bits per heavy atom. The largest absolute Gasteiger partial charge is 0.339 e. The molecule has 4 nitrogen and oxygen atoms in total. The molecule has 1 N–H and O–H groups in total. The molecule has 0 spiro atoms. The van der Waals surface area contributed by atoms with Crippen molar-refractivity contribution in [1.82, 2.24) is 9.47 Å². The molecule has 1 aliphatic heterocycles. The second-order valence-electron chi connectivity index (χ2n) is 6.74. The Morgan fingerprint density at radius 3 is 2.59 bits per heavy atom. The van der Waals surface area contributed by atoms with Crippen LogP contribution in [0.5, 0.6) is 0 Å². The quantitative estimate of drug-likeness (QED) is 0.632. The summed E-state index contributed by atoms with van der Waals surface area (Å²) in [6, 6.07) is 16.1. The van der Waals surface area contributed by atoms with Crippen molar-refractivity contribution in [3.05, 3.63) is 64.3 Å². The summed E-state index contributed by atoms with van der Waals surface area (Å²) in [5.74, 6) is 2.26. The number of anilines is 1. The van der Waals surface area contributed by atoms with Crippen molar-refractivity contribution in [2.75, 3.05) is 29.9 Å². The molecule has 0 radical (unpaired) electrons. The average Bonchev–Trinajstić information content (AvgIpc) is 2.95. The molecular formula is C21H22BrN3OS. The fourth-order valence-electron chi connectivity index (χ4n) is 3.56. The van der Waals surface area contributed by atoms with Gasteiger partial charge in [0.2, 0.25) is 0 Å². The molecule has 1 fully saturated rings. The van der Waals surface area contributed by atoms with Crippen LogP contribution >= 0.6 is 27.7 Å². The number of nitrogens with one attached hydrogen (secondary N) is 1. The molecule has 1 amide bonds. The molecule has 1 saturated heterocycles. The SMILES string of the molecule is Cn1c(C(=O)Nc2ccccc2CN2CCSCC2)c(Br)c2ccccc21. The van der Waals surface area contributed by atoms with Crippen LogP contribution in [0.4, 0.5) is 5.69 Å². The number of fused-ring (bicyclic) bond motifs is 1. The van der Waals surface area contributed by atoms with Gasteiger partial charge in [0.25, 0.3) is 5.91 Å². The van der Waals surface area contributed by atoms with Gasteiger partial charge < -0.3 is 9.88 Å². The van der Waals surface area contributed by atoms with Gasteiger partial charge >= 0.3 is 0 Å². The van der Waals surface area contributed by atoms with E-state index in [1.165, 1.54) is 11.5 Å². The van der Waals surface area contributed by atoms with Gasteiger partial charge in [-0.25, -0.2) is 0 Å². The van der Waals surface area contributed by atoms with E-state index < -0.39 is 0 Å². The highest BCUT2D eigenvalue weighted by atomic mass is 79.9. The summed E-state index contributed by atoms with van der Waals surface area (Å²) in [6.07, 6.45) is 0. The molecule has 27 heavy (non-hydrogen) atoms. The van der Waals surface area contributed by atoms with Crippen LogP contribution in [-0.2, 0) is 13.6 Å². The minimum absolute atomic E-state index is 0.0952. The number of hydrogen-bond acceptors (Lipinski definition) is 3. The Hall–Kier alpha value is -1.76. The standard InChI is InChI=1S/C21H22BrN3OS/c1-24-18-9-5-3-7-16(18)19(22)20(24)21(26)23-17-8-4-2-6-15(17)14-25-10-12-27-13-11-25/h2-9H,10-14H2,1H3,(H,23,26). The number of halogens is 1. The van der Waals surface area contributed by atoms with Crippen LogP contribution in [-0.4, -0.2) is 40.0 Å². The van der Waals surface area contributed by atoms with E-state index in [0.29, 0.717) is 5.69 Å². The van der Waals surface area contributed by atoms with Crippen molar-refractivity contribution < 1.29 is 4.79 Å². The number of para-hydroxylation sites is 2. The highest BCUT2D eigenvalue weighted by Crippen LogP contribution is 2.31. The second kappa shape index (κ2) is 8.09. The lowest BCUT2D eigenvalue weighted by Gasteiger charge is -2.27. The number of benzene rings is 2. The van der Waals surface area contributed by atoms with Gasteiger partial charge in [-0.1, -0.05) is 36.4 Å². The van der Waals surface area contributed by atoms with Crippen molar-refractivity contribution in [3.63, 3.8) is 0 Å². The number of nitrogens with zero attached hydrogens (tertiary/aromatic N) is 2. The fraction of sp³-hybridized carbons (Fsp3) is 0.286. The van der Waals surface area contributed by atoms with E-state index in [2.05, 4.69) is 32.2 Å². The lowest BCUT2D eigenvalue weighted by atomic mass is 10.1. The summed E-state index contributed by atoms with van der Waals surface area (Å²) in [7, 11) is 1.93. The van der Waals surface area contributed by atoms with Crippen molar-refractivity contribution in [3.8, 4) is 0 Å². The van der Waals surface area contributed by atoms with Crippen LogP contribution in [0.2, 0.25) is 0 Å². The number of thioether (sulfide) groups is 1. The Labute approximate surface area is 172 Å². The number of carbonyl (C=O) groups excluding carboxylic acids is 1. The van der Waals surface area contributed by atoms with Gasteiger partial charge in [-0.15, -0.1) is 0 Å². The van der Waals surface area contributed by atoms with Crippen molar-refractivity contribution in [2.24, 2.45) is 7.05 Å². The van der Waals surface area contributed by atoms with Gasteiger partial charge in [0, 0.05) is 54.8 Å². The molecule has 2 aromatic carbocycles. The van der Waals surface area contributed by atoms with E-state index in [0.717, 1.165) is 46.3 Å². The molecule has 0 saturated carbocycles. The van der Waals surface area contributed by atoms with E-state index in [4.69, 9.17) is 0 Å². The van der Waals surface area contributed by atoms with Crippen molar-refractivity contribution in [1.29, 1.82) is 0 Å². The highest BCUT2D eigenvalue weighted by molar-refractivity contribution is 9.10. The van der Waals surface area contributed by atoms with Crippen LogP contribution in [0, 0.1) is 0 Å². The first-order valence-corrected chi connectivity index (χ1v) is 11.0. The molecule has 0 bridgehead atoms. The highest BCUT2D eigenvalue weighted by Gasteiger charge is 2.20. The first-order valence-electron chi connectivity index (χ1n) is 9.07. The normalized spacial score (nSPS) is 15.2. The summed E-state index contributed by atoms with van der Waals surface area (Å²) in [6.45, 7) is 3.07. The average molecular weight is 444 g/mol. The lowest BCUT2D eigenvalue weighted by molar-refractivity contribution is 0.101. The minimum atomic E-state index is -0.0952. The number of hydrogen-bond donors (Lipinski definition) is 1. The van der Waals surface area contributed by atoms with Gasteiger partial charge in [-0.2, -0.15) is 11.8 Å². The zero-order chi connectivity index (χ0) is 18.8. The predicted octanol–water partition coefficient (Wildman–Crippen LogP) is 4.74. The molecule has 1 aliphatic rings. The van der Waals surface area contributed by atoms with Crippen LogP contribution in [0.25, 0.3) is 10.9 Å². The summed E-state index contributed by atoms with van der Waals surface area (Å²) < 4.78 is 2.78. The molecule has 3 aromatic rings. The maximum Gasteiger partial charge on any atom is 0.273 e. The fourth-order valence-corrected chi connectivity index (χ4v) is 5.32. The summed E-state index contributed by atoms with van der Waals surface area (Å²) >= 11 is 5.63. The zero-order valence-corrected chi connectivity index (χ0v) is 17.6. The third-order valence-corrected chi connectivity index (χ3v) is 6.77. The van der Waals surface area contributed by atoms with Crippen LogP contribution in [0.1, 0.15) is 16.1 Å². The molecule has 0 aliphatic carbocycles. The molecule has 140 valence electrons. The van der Waals surface area contributed by atoms with Crippen LogP contribution in [0.3, 0.4) is 0 Å². The molecular weight excluding hydrogens is 422 g/mol. The predicted molar refractivity (Wildman–Crippen MR) is 118 cm³/mol. The van der Waals surface area contributed by atoms with Gasteiger partial charge in [0.05, 0.1) is 4.47 Å². The van der Waals surface area contributed by atoms with Gasteiger partial charge in [-0.3, -0.25) is 9.69 Å². The Bertz CT molecular complexity index is 940. The van der Waals surface area contributed by atoms with Gasteiger partial charge in [0.1, 0.15) is 5.69 Å². The third-order valence-electron chi connectivity index (χ3n) is 5.02. The Morgan fingerprint density at radius 2 is 1.81 bits per heavy atom. The first-order chi connectivity index (χ1) is 13.1. The molecule has 1 aromatic heterocycles. The molecule has 4 rings (SSSR count). The number of amides is 1. The van der Waals surface area contributed by atoms with E-state index in [-0.39, 0.29) is 5.91 Å². The maximum atomic E-state index is 13.1. The zero-order valence-electron chi connectivity index (χ0n) is 15.2. The maximum absolute atomic E-state index is 13.1. The van der Waals surface area contributed by atoms with E-state index in [9.17, 15) is 4.79 Å². The van der Waals surface area contributed by atoms with Crippen molar-refractivity contribution in [2.45, 2.75) is 6.54 Å². The molecule has 0 atom stereocenters. The number of carbonyl (C=O) groups is 1. The number of rotatable bonds is 4. The lowest BCUT2D eigenvalue weighted by Crippen LogP contribution is -2.32. The molecule has 6 heteroatoms. The molecule has 0 unspecified atom stereocenters. The van der Waals surface area contributed by atoms with Crippen LogP contribution in [0.15, 0.2) is 53.0 Å². The summed E-state index contributed by atoms with van der Waals surface area (Å²) in [4.78, 5) is 15.5. The van der Waals surface area contributed by atoms with E-state index in [1.54, 1.807) is 0 Å². The van der Waals surface area contributed by atoms with Gasteiger partial charge in [-0.05, 0) is 33.6 Å². The minimum Gasteiger partial charge on any atom is -0.339 e. The monoisotopic (exact) mass is 443 g/mol. The first kappa shape index (κ1) is 18.6. The Kier molecular flexibility index (Phi) is 5.57. The van der Waals surface area contributed by atoms with Gasteiger partial charge in [0.15, 0.2) is 0 Å². The van der Waals surface area contributed by atoms with E-state index in [1.807, 2.05) is 65.8 Å². The smallest absolute Gasteiger partial charge is 0.273 e. The van der Waals surface area contributed by atoms with Crippen LogP contribution < -0.4 is 5.32 Å². The number of aromatic nitrogens is 1. The second-order valence-corrected chi connectivity index (χ2v) is 8.76. The summed E-state index contributed by atoms with van der Waals surface area (Å²) in [5, 5.41) is 4.18.